The molecule has 286 valence electrons. The summed E-state index contributed by atoms with van der Waals surface area (Å²) in [6, 6.07) is 34.4. The Morgan fingerprint density at radius 3 is 2.30 bits per heavy atom. The summed E-state index contributed by atoms with van der Waals surface area (Å²) >= 11 is 2.58. The van der Waals surface area contributed by atoms with Gasteiger partial charge in [0.2, 0.25) is 10.0 Å². The number of aromatic nitrogens is 2. The van der Waals surface area contributed by atoms with E-state index in [2.05, 4.69) is 15.3 Å². The molecule has 0 bridgehead atoms. The lowest BCUT2D eigenvalue weighted by molar-refractivity contribution is -0.120. The Bertz CT molecular complexity index is 2580. The van der Waals surface area contributed by atoms with Gasteiger partial charge in [-0.3, -0.25) is 14.6 Å². The number of pyridine rings is 1. The number of fused-ring (bicyclic) bond motifs is 2. The lowest BCUT2D eigenvalue weighted by Gasteiger charge is -2.31. The van der Waals surface area contributed by atoms with Crippen LogP contribution in [0.4, 0.5) is 5.00 Å². The second-order valence-corrected chi connectivity index (χ2v) is 17.8. The van der Waals surface area contributed by atoms with E-state index in [1.807, 2.05) is 80.6 Å². The highest BCUT2D eigenvalue weighted by Crippen LogP contribution is 2.38. The molecule has 7 rings (SSSR count). The van der Waals surface area contributed by atoms with Crippen molar-refractivity contribution >= 4 is 70.6 Å². The summed E-state index contributed by atoms with van der Waals surface area (Å²) in [6.45, 7) is 3.53. The van der Waals surface area contributed by atoms with Gasteiger partial charge in [0, 0.05) is 41.5 Å². The minimum atomic E-state index is -4.07. The molecule has 4 aromatic carbocycles. The number of carbonyl (C=O) groups excluding carboxylic acids is 2. The maximum Gasteiger partial charge on any atom is 0.251 e. The number of hydrogen-bond acceptors (Lipinski definition) is 9. The molecule has 13 heteroatoms. The topological polar surface area (TPSA) is 133 Å². The number of amides is 2. The lowest BCUT2D eigenvalue weighted by Crippen LogP contribution is -2.51. The highest BCUT2D eigenvalue weighted by atomic mass is 32.2. The zero-order chi connectivity index (χ0) is 39.4. The molecule has 0 fully saturated rings. The molecule has 10 nitrogen and oxygen atoms in total. The average Bonchev–Trinajstić information content (AvgIpc) is 3.91. The van der Waals surface area contributed by atoms with Crippen molar-refractivity contribution in [2.45, 2.75) is 36.7 Å². The number of carbonyl (C=O) groups is 2. The van der Waals surface area contributed by atoms with Crippen LogP contribution >= 0.6 is 22.7 Å². The summed E-state index contributed by atoms with van der Waals surface area (Å²) in [4.78, 5) is 39.9. The summed E-state index contributed by atoms with van der Waals surface area (Å²) in [7, 11) is -2.42. The third kappa shape index (κ3) is 8.13. The Hall–Kier alpha value is -5.31. The summed E-state index contributed by atoms with van der Waals surface area (Å²) in [6.07, 6.45) is 1.72. The van der Waals surface area contributed by atoms with E-state index in [9.17, 15) is 23.1 Å². The van der Waals surface area contributed by atoms with Gasteiger partial charge in [0.15, 0.2) is 0 Å². The maximum absolute atomic E-state index is 15.0. The van der Waals surface area contributed by atoms with Crippen LogP contribution in [0.1, 0.15) is 52.2 Å². The molecule has 0 radical (unpaired) electrons. The molecule has 2 amide bonds. The van der Waals surface area contributed by atoms with Crippen LogP contribution < -0.4 is 10.2 Å². The van der Waals surface area contributed by atoms with Gasteiger partial charge in [0.05, 0.1) is 43.8 Å². The van der Waals surface area contributed by atoms with Crippen molar-refractivity contribution in [3.05, 3.63) is 155 Å². The highest BCUT2D eigenvalue weighted by molar-refractivity contribution is 7.89. The number of benzene rings is 4. The molecular formula is C43H41N5O5S3. The van der Waals surface area contributed by atoms with Gasteiger partial charge in [0.25, 0.3) is 11.8 Å². The number of sulfonamides is 1. The summed E-state index contributed by atoms with van der Waals surface area (Å²) in [5.74, 6) is -1.46. The number of thiophene rings is 1. The fraction of sp³-hybridized carbons (Fsp3) is 0.209. The van der Waals surface area contributed by atoms with Crippen LogP contribution in [-0.2, 0) is 14.8 Å². The normalized spacial score (nSPS) is 13.5. The molecule has 56 heavy (non-hydrogen) atoms. The standard InChI is InChI=1S/C43H41N5O5S3/c1-28(2)25-48(56(52,53)33-18-19-34-38(24-33)54-27-45-34)36(26-49)37-20-21-39(55-37)47(3)43(51)41(46-42(50)31-13-8-5-9-14-31)40(30-11-6-4-7-12-30)32-17-16-29-15-10-22-44-35(29)23-32/h4-24,27-28,36,40-41,49H,25-26H2,1-3H3,(H,46,50). The Balaban J connectivity index is 1.26. The smallest absolute Gasteiger partial charge is 0.251 e. The van der Waals surface area contributed by atoms with Gasteiger partial charge in [-0.25, -0.2) is 13.4 Å². The predicted molar refractivity (Wildman–Crippen MR) is 224 cm³/mol. The minimum Gasteiger partial charge on any atom is -0.394 e. The van der Waals surface area contributed by atoms with Crippen LogP contribution in [0.25, 0.3) is 21.1 Å². The second kappa shape index (κ2) is 16.8. The van der Waals surface area contributed by atoms with Crippen molar-refractivity contribution in [3.63, 3.8) is 0 Å². The molecule has 2 N–H and O–H groups in total. The number of aliphatic hydroxyl groups is 1. The highest BCUT2D eigenvalue weighted by Gasteiger charge is 2.37. The Morgan fingerprint density at radius 1 is 0.821 bits per heavy atom. The van der Waals surface area contributed by atoms with Crippen LogP contribution in [0.2, 0.25) is 0 Å². The van der Waals surface area contributed by atoms with Gasteiger partial charge in [-0.05, 0) is 71.6 Å². The number of nitrogens with one attached hydrogen (secondary N) is 1. The second-order valence-electron chi connectivity index (χ2n) is 13.9. The van der Waals surface area contributed by atoms with Crippen molar-refractivity contribution in [2.24, 2.45) is 5.92 Å². The molecule has 0 aliphatic carbocycles. The quantitative estimate of drug-likeness (QED) is 0.114. The summed E-state index contributed by atoms with van der Waals surface area (Å²) < 4.78 is 30.7. The van der Waals surface area contributed by atoms with Crippen LogP contribution in [0.3, 0.4) is 0 Å². The minimum absolute atomic E-state index is 0.0520. The molecule has 3 heterocycles. The summed E-state index contributed by atoms with van der Waals surface area (Å²) in [5, 5.41) is 15.4. The van der Waals surface area contributed by atoms with Crippen molar-refractivity contribution in [2.75, 3.05) is 25.1 Å². The fourth-order valence-electron chi connectivity index (χ4n) is 6.84. The van der Waals surface area contributed by atoms with E-state index in [0.29, 0.717) is 21.0 Å². The van der Waals surface area contributed by atoms with E-state index >= 15 is 0 Å². The van der Waals surface area contributed by atoms with Crippen LogP contribution in [0.5, 0.6) is 0 Å². The average molecular weight is 804 g/mol. The number of aliphatic hydroxyl groups excluding tert-OH is 1. The molecule has 3 atom stereocenters. The van der Waals surface area contributed by atoms with E-state index in [4.69, 9.17) is 0 Å². The predicted octanol–water partition coefficient (Wildman–Crippen LogP) is 7.88. The maximum atomic E-state index is 15.0. The molecule has 0 aliphatic rings. The van der Waals surface area contributed by atoms with E-state index in [1.54, 1.807) is 73.4 Å². The number of hydrogen-bond donors (Lipinski definition) is 2. The van der Waals surface area contributed by atoms with E-state index < -0.39 is 40.5 Å². The Kier molecular flexibility index (Phi) is 11.7. The monoisotopic (exact) mass is 803 g/mol. The van der Waals surface area contributed by atoms with Crippen LogP contribution in [0.15, 0.2) is 138 Å². The zero-order valence-corrected chi connectivity index (χ0v) is 33.5. The van der Waals surface area contributed by atoms with Crippen molar-refractivity contribution < 1.29 is 23.1 Å². The van der Waals surface area contributed by atoms with Gasteiger partial charge in [-0.2, -0.15) is 4.31 Å². The molecule has 0 spiro atoms. The van der Waals surface area contributed by atoms with Gasteiger partial charge in [0.1, 0.15) is 6.04 Å². The van der Waals surface area contributed by atoms with Gasteiger partial charge in [-0.1, -0.05) is 80.6 Å². The van der Waals surface area contributed by atoms with Gasteiger partial charge in [-0.15, -0.1) is 22.7 Å². The lowest BCUT2D eigenvalue weighted by atomic mass is 9.83. The first-order valence-corrected chi connectivity index (χ1v) is 21.3. The molecular weight excluding hydrogens is 763 g/mol. The molecule has 7 aromatic rings. The SMILES string of the molecule is CC(C)CN(C(CO)c1ccc(N(C)C(=O)C(NC(=O)c2ccccc2)C(c2ccccc2)c2ccc3cccnc3c2)s1)S(=O)(=O)c1ccc2ncsc2c1. The fourth-order valence-corrected chi connectivity index (χ4v) is 10.6. The zero-order valence-electron chi connectivity index (χ0n) is 31.0. The third-order valence-electron chi connectivity index (χ3n) is 9.65. The molecule has 0 aliphatic heterocycles. The molecule has 0 saturated heterocycles. The summed E-state index contributed by atoms with van der Waals surface area (Å²) in [5.41, 5.74) is 5.16. The van der Waals surface area contributed by atoms with E-state index in [1.165, 1.54) is 31.9 Å². The number of nitrogens with zero attached hydrogens (tertiary/aromatic N) is 4. The number of rotatable bonds is 14. The first-order valence-electron chi connectivity index (χ1n) is 18.1. The number of likely N-dealkylation sites (N-methyl/N-ethyl adjacent to an activating group) is 1. The third-order valence-corrected chi connectivity index (χ3v) is 13.6. The number of anilines is 1. The Labute approximate surface area is 334 Å². The first kappa shape index (κ1) is 38.9. The van der Waals surface area contributed by atoms with E-state index in [-0.39, 0.29) is 23.3 Å². The molecule has 3 aromatic heterocycles. The van der Waals surface area contributed by atoms with Crippen LogP contribution in [0, 0.1) is 5.92 Å². The Morgan fingerprint density at radius 2 is 1.57 bits per heavy atom. The molecule has 0 saturated carbocycles. The first-order chi connectivity index (χ1) is 27.0. The van der Waals surface area contributed by atoms with Crippen molar-refractivity contribution in [3.8, 4) is 0 Å². The van der Waals surface area contributed by atoms with Crippen molar-refractivity contribution in [1.82, 2.24) is 19.6 Å². The molecule has 3 unspecified atom stereocenters. The van der Waals surface area contributed by atoms with Crippen LogP contribution in [-0.4, -0.2) is 65.9 Å². The van der Waals surface area contributed by atoms with Gasteiger partial charge >= 0.3 is 0 Å². The number of thiazole rings is 1. The van der Waals surface area contributed by atoms with Gasteiger partial charge < -0.3 is 15.3 Å². The van der Waals surface area contributed by atoms with Crippen molar-refractivity contribution in [1.29, 1.82) is 0 Å². The largest absolute Gasteiger partial charge is 0.394 e. The van der Waals surface area contributed by atoms with E-state index in [0.717, 1.165) is 26.7 Å².